The smallest absolute Gasteiger partial charge is 0.232 e. The summed E-state index contributed by atoms with van der Waals surface area (Å²) >= 11 is 0. The lowest BCUT2D eigenvalue weighted by Gasteiger charge is -2.26. The standard InChI is InChI=1S/C20H26N2O3S/c1-15(2)17-10-6-8-12-19(17)22(26(4,24)25)14-13-20(23)21-18-11-7-5-9-16(18)3/h5-12,15H,13-14H2,1-4H3,(H,21,23). The summed E-state index contributed by atoms with van der Waals surface area (Å²) in [7, 11) is -3.50. The van der Waals surface area contributed by atoms with Gasteiger partial charge in [-0.2, -0.15) is 0 Å². The molecule has 0 aromatic heterocycles. The second kappa shape index (κ2) is 8.36. The average molecular weight is 375 g/mol. The molecule has 0 aliphatic heterocycles. The Morgan fingerprint density at radius 1 is 1.08 bits per heavy atom. The number of hydrogen-bond donors (Lipinski definition) is 1. The number of nitrogens with one attached hydrogen (secondary N) is 1. The van der Waals surface area contributed by atoms with E-state index in [-0.39, 0.29) is 24.8 Å². The van der Waals surface area contributed by atoms with Crippen LogP contribution in [-0.4, -0.2) is 27.1 Å². The van der Waals surface area contributed by atoms with E-state index < -0.39 is 10.0 Å². The van der Waals surface area contributed by atoms with Crippen LogP contribution < -0.4 is 9.62 Å². The highest BCUT2D eigenvalue weighted by Gasteiger charge is 2.22. The zero-order chi connectivity index (χ0) is 19.3. The van der Waals surface area contributed by atoms with E-state index in [0.29, 0.717) is 5.69 Å². The first-order valence-electron chi connectivity index (χ1n) is 8.62. The van der Waals surface area contributed by atoms with Crippen molar-refractivity contribution in [2.24, 2.45) is 0 Å². The van der Waals surface area contributed by atoms with Gasteiger partial charge in [0.1, 0.15) is 0 Å². The lowest BCUT2D eigenvalue weighted by Crippen LogP contribution is -2.33. The third-order valence-corrected chi connectivity index (χ3v) is 5.37. The van der Waals surface area contributed by atoms with Crippen LogP contribution in [0.3, 0.4) is 0 Å². The van der Waals surface area contributed by atoms with Gasteiger partial charge in [-0.25, -0.2) is 8.42 Å². The fourth-order valence-electron chi connectivity index (χ4n) is 2.80. The zero-order valence-corrected chi connectivity index (χ0v) is 16.5. The van der Waals surface area contributed by atoms with Crippen LogP contribution in [0.25, 0.3) is 0 Å². The van der Waals surface area contributed by atoms with Crippen LogP contribution >= 0.6 is 0 Å². The van der Waals surface area contributed by atoms with Crippen molar-refractivity contribution < 1.29 is 13.2 Å². The van der Waals surface area contributed by atoms with Crippen molar-refractivity contribution in [3.8, 4) is 0 Å². The Balaban J connectivity index is 2.18. The van der Waals surface area contributed by atoms with Crippen molar-refractivity contribution in [2.45, 2.75) is 33.1 Å². The molecule has 2 aromatic carbocycles. The molecule has 0 radical (unpaired) electrons. The first-order valence-corrected chi connectivity index (χ1v) is 10.5. The summed E-state index contributed by atoms with van der Waals surface area (Å²) in [6.07, 6.45) is 1.25. The van der Waals surface area contributed by atoms with Gasteiger partial charge in [-0.3, -0.25) is 9.10 Å². The summed E-state index contributed by atoms with van der Waals surface area (Å²) in [6.45, 7) is 6.05. The third-order valence-electron chi connectivity index (χ3n) is 4.19. The van der Waals surface area contributed by atoms with Gasteiger partial charge in [-0.1, -0.05) is 50.2 Å². The highest BCUT2D eigenvalue weighted by atomic mass is 32.2. The molecule has 26 heavy (non-hydrogen) atoms. The fourth-order valence-corrected chi connectivity index (χ4v) is 3.74. The van der Waals surface area contributed by atoms with Crippen LogP contribution in [0, 0.1) is 6.92 Å². The molecule has 0 atom stereocenters. The molecule has 0 spiro atoms. The Bertz CT molecular complexity index is 876. The minimum absolute atomic E-state index is 0.0772. The monoisotopic (exact) mass is 374 g/mol. The molecule has 2 aromatic rings. The molecule has 2 rings (SSSR count). The average Bonchev–Trinajstić information content (AvgIpc) is 2.56. The van der Waals surface area contributed by atoms with Crippen molar-refractivity contribution >= 4 is 27.3 Å². The molecular weight excluding hydrogens is 348 g/mol. The zero-order valence-electron chi connectivity index (χ0n) is 15.7. The number of nitrogens with zero attached hydrogens (tertiary/aromatic N) is 1. The Hall–Kier alpha value is -2.34. The molecule has 0 heterocycles. The first kappa shape index (κ1) is 20.0. The molecule has 6 heteroatoms. The Morgan fingerprint density at radius 2 is 1.69 bits per heavy atom. The number of para-hydroxylation sites is 2. The van der Waals surface area contributed by atoms with E-state index in [1.165, 1.54) is 10.6 Å². The molecule has 0 bridgehead atoms. The number of sulfonamides is 1. The highest BCUT2D eigenvalue weighted by Crippen LogP contribution is 2.29. The molecule has 140 valence electrons. The molecule has 1 amide bonds. The summed E-state index contributed by atoms with van der Waals surface area (Å²) in [5.41, 5.74) is 3.28. The maximum Gasteiger partial charge on any atom is 0.232 e. The maximum absolute atomic E-state index is 12.3. The number of hydrogen-bond acceptors (Lipinski definition) is 3. The molecule has 0 fully saturated rings. The predicted octanol–water partition coefficient (Wildman–Crippen LogP) is 3.91. The van der Waals surface area contributed by atoms with Gasteiger partial charge in [-0.15, -0.1) is 0 Å². The number of anilines is 2. The molecule has 0 unspecified atom stereocenters. The SMILES string of the molecule is Cc1ccccc1NC(=O)CCN(c1ccccc1C(C)C)S(C)(=O)=O. The molecule has 0 aliphatic carbocycles. The van der Waals surface area contributed by atoms with E-state index in [9.17, 15) is 13.2 Å². The fraction of sp³-hybridized carbons (Fsp3) is 0.350. The van der Waals surface area contributed by atoms with E-state index >= 15 is 0 Å². The molecule has 5 nitrogen and oxygen atoms in total. The van der Waals surface area contributed by atoms with Crippen molar-refractivity contribution in [2.75, 3.05) is 22.4 Å². The van der Waals surface area contributed by atoms with Crippen molar-refractivity contribution in [3.05, 3.63) is 59.7 Å². The first-order chi connectivity index (χ1) is 12.2. The molecule has 0 saturated carbocycles. The molecule has 0 saturated heterocycles. The minimum Gasteiger partial charge on any atom is -0.326 e. The van der Waals surface area contributed by atoms with Crippen LogP contribution in [0.4, 0.5) is 11.4 Å². The van der Waals surface area contributed by atoms with Crippen molar-refractivity contribution in [3.63, 3.8) is 0 Å². The van der Waals surface area contributed by atoms with Gasteiger partial charge in [0, 0.05) is 18.7 Å². The van der Waals surface area contributed by atoms with E-state index in [2.05, 4.69) is 5.32 Å². The van der Waals surface area contributed by atoms with Crippen LogP contribution in [-0.2, 0) is 14.8 Å². The quantitative estimate of drug-likeness (QED) is 0.799. The lowest BCUT2D eigenvalue weighted by molar-refractivity contribution is -0.116. The molecular formula is C20H26N2O3S. The summed E-state index contributed by atoms with van der Waals surface area (Å²) < 4.78 is 26.0. The topological polar surface area (TPSA) is 66.5 Å². The summed E-state index contributed by atoms with van der Waals surface area (Å²) in [4.78, 5) is 12.3. The summed E-state index contributed by atoms with van der Waals surface area (Å²) in [6, 6.07) is 14.9. The van der Waals surface area contributed by atoms with Gasteiger partial charge in [0.25, 0.3) is 0 Å². The van der Waals surface area contributed by atoms with Crippen molar-refractivity contribution in [1.82, 2.24) is 0 Å². The highest BCUT2D eigenvalue weighted by molar-refractivity contribution is 7.92. The molecule has 1 N–H and O–H groups in total. The van der Waals surface area contributed by atoms with Gasteiger partial charge in [0.2, 0.25) is 15.9 Å². The number of carbonyl (C=O) groups excluding carboxylic acids is 1. The van der Waals surface area contributed by atoms with Crippen LogP contribution in [0.2, 0.25) is 0 Å². The Kier molecular flexibility index (Phi) is 6.42. The predicted molar refractivity (Wildman–Crippen MR) is 107 cm³/mol. The van der Waals surface area contributed by atoms with Crippen LogP contribution in [0.1, 0.15) is 37.3 Å². The maximum atomic E-state index is 12.3. The summed E-state index contributed by atoms with van der Waals surface area (Å²) in [5.74, 6) is -0.0359. The van der Waals surface area contributed by atoms with Crippen LogP contribution in [0.15, 0.2) is 48.5 Å². The lowest BCUT2D eigenvalue weighted by atomic mass is 10.0. The van der Waals surface area contributed by atoms with Crippen molar-refractivity contribution in [1.29, 1.82) is 0 Å². The van der Waals surface area contributed by atoms with E-state index in [4.69, 9.17) is 0 Å². The molecule has 0 aliphatic rings. The Labute approximate surface area is 156 Å². The van der Waals surface area contributed by atoms with Crippen LogP contribution in [0.5, 0.6) is 0 Å². The van der Waals surface area contributed by atoms with E-state index in [1.807, 2.05) is 63.2 Å². The van der Waals surface area contributed by atoms with Gasteiger partial charge in [0.05, 0.1) is 11.9 Å². The van der Waals surface area contributed by atoms with Gasteiger partial charge >= 0.3 is 0 Å². The van der Waals surface area contributed by atoms with E-state index in [0.717, 1.165) is 16.8 Å². The largest absolute Gasteiger partial charge is 0.326 e. The second-order valence-electron chi connectivity index (χ2n) is 6.66. The second-order valence-corrected chi connectivity index (χ2v) is 8.57. The van der Waals surface area contributed by atoms with Gasteiger partial charge < -0.3 is 5.32 Å². The summed E-state index contributed by atoms with van der Waals surface area (Å²) in [5, 5.41) is 2.85. The normalized spacial score (nSPS) is 11.4. The number of benzene rings is 2. The van der Waals surface area contributed by atoms with Gasteiger partial charge in [-0.05, 0) is 36.1 Å². The number of rotatable bonds is 7. The Morgan fingerprint density at radius 3 is 2.31 bits per heavy atom. The minimum atomic E-state index is -3.50. The third kappa shape index (κ3) is 5.08. The van der Waals surface area contributed by atoms with Gasteiger partial charge in [0.15, 0.2) is 0 Å². The number of amides is 1. The number of aryl methyl sites for hydroxylation is 1. The van der Waals surface area contributed by atoms with E-state index in [1.54, 1.807) is 6.07 Å². The number of carbonyl (C=O) groups is 1.